The van der Waals surface area contributed by atoms with Gasteiger partial charge in [0.2, 0.25) is 5.95 Å². The lowest BCUT2D eigenvalue weighted by Crippen LogP contribution is -2.02. The number of non-ortho nitro benzene ring substituents is 1. The zero-order chi connectivity index (χ0) is 17.3. The van der Waals surface area contributed by atoms with Gasteiger partial charge in [-0.2, -0.15) is 4.98 Å². The minimum Gasteiger partial charge on any atom is -0.431 e. The van der Waals surface area contributed by atoms with Crippen LogP contribution in [0.15, 0.2) is 36.7 Å². The first-order valence-corrected chi connectivity index (χ1v) is 6.44. The molecule has 0 radical (unpaired) electrons. The number of nitro groups is 2. The third kappa shape index (κ3) is 2.61. The monoisotopic (exact) mass is 328 g/mol. The molecule has 11 nitrogen and oxygen atoms in total. The zero-order valence-corrected chi connectivity index (χ0v) is 11.8. The predicted molar refractivity (Wildman–Crippen MR) is 81.6 cm³/mol. The number of hydrogen-bond donors (Lipinski definition) is 1. The first-order valence-electron chi connectivity index (χ1n) is 6.44. The van der Waals surface area contributed by atoms with Crippen LogP contribution in [-0.4, -0.2) is 24.8 Å². The Morgan fingerprint density at radius 3 is 2.50 bits per heavy atom. The van der Waals surface area contributed by atoms with Crippen molar-refractivity contribution in [1.29, 1.82) is 0 Å². The van der Waals surface area contributed by atoms with E-state index < -0.39 is 15.5 Å². The standard InChI is InChI=1S/C13H8N6O5/c14-13-16-6-9(19(22)23)12(17-13)24-10-4-3-8(18(20)21)7-2-1-5-15-11(7)10/h1-6H,(H2,14,16,17). The summed E-state index contributed by atoms with van der Waals surface area (Å²) < 4.78 is 5.44. The van der Waals surface area contributed by atoms with Gasteiger partial charge in [0.05, 0.1) is 15.2 Å². The van der Waals surface area contributed by atoms with Crippen LogP contribution in [0, 0.1) is 20.2 Å². The topological polar surface area (TPSA) is 160 Å². The fourth-order valence-corrected chi connectivity index (χ4v) is 2.05. The number of nitrogens with two attached hydrogens (primary N) is 1. The summed E-state index contributed by atoms with van der Waals surface area (Å²) in [4.78, 5) is 32.1. The van der Waals surface area contributed by atoms with Gasteiger partial charge >= 0.3 is 11.6 Å². The fourth-order valence-electron chi connectivity index (χ4n) is 2.05. The Labute approximate surface area is 133 Å². The minimum absolute atomic E-state index is 0.0670. The summed E-state index contributed by atoms with van der Waals surface area (Å²) in [6, 6.07) is 5.53. The molecule has 0 bridgehead atoms. The number of benzene rings is 1. The molecule has 0 aliphatic rings. The maximum atomic E-state index is 11.1. The van der Waals surface area contributed by atoms with Crippen LogP contribution >= 0.6 is 0 Å². The third-order valence-electron chi connectivity index (χ3n) is 3.06. The molecule has 3 rings (SSSR count). The number of rotatable bonds is 4. The van der Waals surface area contributed by atoms with E-state index in [1.54, 1.807) is 0 Å². The molecule has 2 N–H and O–H groups in total. The van der Waals surface area contributed by atoms with E-state index in [4.69, 9.17) is 10.5 Å². The Kier molecular flexibility index (Phi) is 3.58. The first kappa shape index (κ1) is 15.0. The Bertz CT molecular complexity index is 976. The number of pyridine rings is 1. The van der Waals surface area contributed by atoms with Crippen LogP contribution in [0.2, 0.25) is 0 Å². The van der Waals surface area contributed by atoms with E-state index in [0.717, 1.165) is 6.20 Å². The van der Waals surface area contributed by atoms with Crippen LogP contribution in [0.25, 0.3) is 10.9 Å². The summed E-state index contributed by atoms with van der Waals surface area (Å²) in [6.45, 7) is 0. The number of nitro benzene ring substituents is 1. The average molecular weight is 328 g/mol. The lowest BCUT2D eigenvalue weighted by Gasteiger charge is -2.08. The van der Waals surface area contributed by atoms with Crippen molar-refractivity contribution in [2.24, 2.45) is 0 Å². The first-order chi connectivity index (χ1) is 11.5. The van der Waals surface area contributed by atoms with Gasteiger partial charge in [-0.3, -0.25) is 25.2 Å². The Morgan fingerprint density at radius 1 is 1.04 bits per heavy atom. The molecule has 0 fully saturated rings. The fraction of sp³-hybridized carbons (Fsp3) is 0. The van der Waals surface area contributed by atoms with Crippen molar-refractivity contribution in [3.8, 4) is 11.6 Å². The molecule has 0 aliphatic carbocycles. The Hall–Kier alpha value is -3.89. The number of aromatic nitrogens is 3. The molecular weight excluding hydrogens is 320 g/mol. The number of ether oxygens (including phenoxy) is 1. The second kappa shape index (κ2) is 5.72. The molecule has 2 heterocycles. The summed E-state index contributed by atoms with van der Waals surface area (Å²) in [5, 5.41) is 22.3. The number of nitrogen functional groups attached to an aromatic ring is 1. The van der Waals surface area contributed by atoms with Gasteiger partial charge in [-0.05, 0) is 18.2 Å². The maximum Gasteiger partial charge on any atom is 0.349 e. The van der Waals surface area contributed by atoms with Crippen molar-refractivity contribution in [2.45, 2.75) is 0 Å². The highest BCUT2D eigenvalue weighted by atomic mass is 16.6. The maximum absolute atomic E-state index is 11.1. The second-order valence-electron chi connectivity index (χ2n) is 4.52. The number of anilines is 1. The predicted octanol–water partition coefficient (Wildman–Crippen LogP) is 2.22. The van der Waals surface area contributed by atoms with E-state index in [1.165, 1.54) is 30.5 Å². The third-order valence-corrected chi connectivity index (χ3v) is 3.06. The molecule has 11 heteroatoms. The van der Waals surface area contributed by atoms with E-state index in [9.17, 15) is 20.2 Å². The van der Waals surface area contributed by atoms with Gasteiger partial charge in [0, 0.05) is 12.3 Å². The smallest absolute Gasteiger partial charge is 0.349 e. The quantitative estimate of drug-likeness (QED) is 0.559. The molecule has 0 saturated carbocycles. The molecule has 1 aromatic carbocycles. The SMILES string of the molecule is Nc1ncc([N+](=O)[O-])c(Oc2ccc([N+](=O)[O-])c3cccnc23)n1. The highest BCUT2D eigenvalue weighted by molar-refractivity contribution is 5.92. The molecule has 0 spiro atoms. The van der Waals surface area contributed by atoms with Crippen molar-refractivity contribution >= 4 is 28.2 Å². The van der Waals surface area contributed by atoms with E-state index >= 15 is 0 Å². The average Bonchev–Trinajstić information content (AvgIpc) is 2.54. The van der Waals surface area contributed by atoms with Crippen molar-refractivity contribution in [3.63, 3.8) is 0 Å². The Balaban J connectivity index is 2.16. The van der Waals surface area contributed by atoms with Gasteiger partial charge in [-0.1, -0.05) is 0 Å². The van der Waals surface area contributed by atoms with E-state index in [-0.39, 0.29) is 34.2 Å². The lowest BCUT2D eigenvalue weighted by molar-refractivity contribution is -0.386. The van der Waals surface area contributed by atoms with Crippen LogP contribution in [0.4, 0.5) is 17.3 Å². The Morgan fingerprint density at radius 2 is 1.79 bits per heavy atom. The zero-order valence-electron chi connectivity index (χ0n) is 11.8. The number of hydrogen-bond acceptors (Lipinski definition) is 9. The number of fused-ring (bicyclic) bond motifs is 1. The van der Waals surface area contributed by atoms with Gasteiger partial charge in [0.1, 0.15) is 11.7 Å². The van der Waals surface area contributed by atoms with Crippen LogP contribution in [0.3, 0.4) is 0 Å². The molecule has 0 saturated heterocycles. The van der Waals surface area contributed by atoms with Gasteiger partial charge in [0.15, 0.2) is 5.75 Å². The van der Waals surface area contributed by atoms with Gasteiger partial charge in [-0.15, -0.1) is 0 Å². The summed E-state index contributed by atoms with van der Waals surface area (Å²) in [7, 11) is 0. The highest BCUT2D eigenvalue weighted by Gasteiger charge is 2.22. The van der Waals surface area contributed by atoms with Crippen molar-refractivity contribution in [1.82, 2.24) is 15.0 Å². The van der Waals surface area contributed by atoms with E-state index in [1.807, 2.05) is 0 Å². The van der Waals surface area contributed by atoms with Crippen LogP contribution in [-0.2, 0) is 0 Å². The molecule has 120 valence electrons. The van der Waals surface area contributed by atoms with Crippen molar-refractivity contribution in [2.75, 3.05) is 5.73 Å². The molecule has 2 aromatic heterocycles. The van der Waals surface area contributed by atoms with Crippen molar-refractivity contribution in [3.05, 3.63) is 56.9 Å². The van der Waals surface area contributed by atoms with Crippen LogP contribution in [0.5, 0.6) is 11.6 Å². The molecule has 0 aliphatic heterocycles. The van der Waals surface area contributed by atoms with Gasteiger partial charge in [0.25, 0.3) is 5.69 Å². The normalized spacial score (nSPS) is 10.5. The molecule has 3 aromatic rings. The van der Waals surface area contributed by atoms with E-state index in [2.05, 4.69) is 15.0 Å². The van der Waals surface area contributed by atoms with Crippen LogP contribution < -0.4 is 10.5 Å². The second-order valence-corrected chi connectivity index (χ2v) is 4.52. The van der Waals surface area contributed by atoms with E-state index in [0.29, 0.717) is 0 Å². The van der Waals surface area contributed by atoms with Crippen molar-refractivity contribution < 1.29 is 14.6 Å². The lowest BCUT2D eigenvalue weighted by atomic mass is 10.1. The summed E-state index contributed by atoms with van der Waals surface area (Å²) in [5.41, 5.74) is 4.93. The molecule has 0 atom stereocenters. The highest BCUT2D eigenvalue weighted by Crippen LogP contribution is 2.36. The molecule has 0 unspecified atom stereocenters. The van der Waals surface area contributed by atoms with Gasteiger partial charge < -0.3 is 10.5 Å². The van der Waals surface area contributed by atoms with Gasteiger partial charge in [-0.25, -0.2) is 4.98 Å². The van der Waals surface area contributed by atoms with Crippen LogP contribution in [0.1, 0.15) is 0 Å². The summed E-state index contributed by atoms with van der Waals surface area (Å²) in [5.74, 6) is -0.527. The number of nitrogens with zero attached hydrogens (tertiary/aromatic N) is 5. The summed E-state index contributed by atoms with van der Waals surface area (Å²) in [6.07, 6.45) is 2.33. The summed E-state index contributed by atoms with van der Waals surface area (Å²) >= 11 is 0. The minimum atomic E-state index is -0.726. The molecular formula is C13H8N6O5. The molecule has 0 amide bonds. The largest absolute Gasteiger partial charge is 0.431 e. The molecule has 24 heavy (non-hydrogen) atoms.